The number of halogens is 1. The Morgan fingerprint density at radius 3 is 2.81 bits per heavy atom. The van der Waals surface area contributed by atoms with Crippen LogP contribution >= 0.6 is 15.9 Å². The Morgan fingerprint density at radius 2 is 2.25 bits per heavy atom. The molecule has 0 spiro atoms. The molecule has 0 aliphatic heterocycles. The van der Waals surface area contributed by atoms with E-state index in [0.29, 0.717) is 17.1 Å². The zero-order chi connectivity index (χ0) is 11.7. The van der Waals surface area contributed by atoms with E-state index in [9.17, 15) is 0 Å². The zero-order valence-electron chi connectivity index (χ0n) is 8.62. The Bertz CT molecular complexity index is 548. The molecule has 16 heavy (non-hydrogen) atoms. The minimum Gasteiger partial charge on any atom is -0.441 e. The van der Waals surface area contributed by atoms with Gasteiger partial charge in [0, 0.05) is 27.5 Å². The van der Waals surface area contributed by atoms with Crippen LogP contribution in [0.4, 0.5) is 5.69 Å². The third-order valence-corrected chi connectivity index (χ3v) is 2.63. The lowest BCUT2D eigenvalue weighted by Crippen LogP contribution is -1.96. The molecule has 0 atom stereocenters. The average Bonchev–Trinajstić information content (AvgIpc) is 2.63. The summed E-state index contributed by atoms with van der Waals surface area (Å²) in [5, 5.41) is 7.36. The van der Waals surface area contributed by atoms with Crippen molar-refractivity contribution in [3.05, 3.63) is 34.1 Å². The average molecular weight is 280 g/mol. The second-order valence-electron chi connectivity index (χ2n) is 3.38. The van der Waals surface area contributed by atoms with E-state index >= 15 is 0 Å². The van der Waals surface area contributed by atoms with Gasteiger partial charge in [-0.25, -0.2) is 4.98 Å². The number of nitrogens with one attached hydrogen (secondary N) is 1. The van der Waals surface area contributed by atoms with Gasteiger partial charge in [-0.15, -0.1) is 0 Å². The van der Waals surface area contributed by atoms with Gasteiger partial charge in [-0.1, -0.05) is 15.9 Å². The molecule has 0 bridgehead atoms. The maximum Gasteiger partial charge on any atom is 0.226 e. The molecular formula is C11H10BrN3O. The first-order valence-corrected chi connectivity index (χ1v) is 5.43. The van der Waals surface area contributed by atoms with Gasteiger partial charge in [-0.05, 0) is 19.1 Å². The van der Waals surface area contributed by atoms with Crippen molar-refractivity contribution in [2.45, 2.75) is 6.92 Å². The van der Waals surface area contributed by atoms with Gasteiger partial charge >= 0.3 is 0 Å². The Hall–Kier alpha value is -1.62. The number of nitrogen functional groups attached to an aromatic ring is 1. The fourth-order valence-electron chi connectivity index (χ4n) is 1.46. The van der Waals surface area contributed by atoms with E-state index in [-0.39, 0.29) is 0 Å². The summed E-state index contributed by atoms with van der Waals surface area (Å²) in [6.45, 7) is 1.82. The number of benzene rings is 1. The molecule has 0 saturated carbocycles. The van der Waals surface area contributed by atoms with Crippen molar-refractivity contribution in [1.82, 2.24) is 4.98 Å². The van der Waals surface area contributed by atoms with Crippen LogP contribution < -0.4 is 5.73 Å². The highest BCUT2D eigenvalue weighted by Gasteiger charge is 2.12. The van der Waals surface area contributed by atoms with Gasteiger partial charge in [-0.3, -0.25) is 0 Å². The molecule has 0 aliphatic rings. The third kappa shape index (κ3) is 1.86. The van der Waals surface area contributed by atoms with Crippen molar-refractivity contribution < 1.29 is 4.42 Å². The van der Waals surface area contributed by atoms with Gasteiger partial charge in [0.05, 0.1) is 6.20 Å². The molecule has 5 heteroatoms. The van der Waals surface area contributed by atoms with Gasteiger partial charge in [-0.2, -0.15) is 0 Å². The largest absolute Gasteiger partial charge is 0.441 e. The molecule has 3 N–H and O–H groups in total. The summed E-state index contributed by atoms with van der Waals surface area (Å²) >= 11 is 3.36. The second-order valence-corrected chi connectivity index (χ2v) is 4.29. The van der Waals surface area contributed by atoms with Crippen LogP contribution in [0.1, 0.15) is 11.3 Å². The van der Waals surface area contributed by atoms with Gasteiger partial charge < -0.3 is 15.6 Å². The van der Waals surface area contributed by atoms with E-state index < -0.39 is 0 Å². The van der Waals surface area contributed by atoms with Crippen LogP contribution in [0.3, 0.4) is 0 Å². The minimum absolute atomic E-state index is 0.476. The number of oxazole rings is 1. The molecule has 0 unspecified atom stereocenters. The van der Waals surface area contributed by atoms with Gasteiger partial charge in [0.1, 0.15) is 5.76 Å². The highest BCUT2D eigenvalue weighted by Crippen LogP contribution is 2.30. The molecule has 0 aliphatic carbocycles. The topological polar surface area (TPSA) is 75.9 Å². The molecule has 2 aromatic rings. The zero-order valence-corrected chi connectivity index (χ0v) is 10.2. The first-order valence-electron chi connectivity index (χ1n) is 4.64. The summed E-state index contributed by atoms with van der Waals surface area (Å²) in [5.41, 5.74) is 7.68. The quantitative estimate of drug-likeness (QED) is 0.655. The maximum atomic E-state index is 7.36. The maximum absolute atomic E-state index is 7.36. The first-order chi connectivity index (χ1) is 7.61. The van der Waals surface area contributed by atoms with Crippen molar-refractivity contribution in [1.29, 1.82) is 5.41 Å². The number of hydrogen-bond donors (Lipinski definition) is 2. The molecule has 82 valence electrons. The molecular weight excluding hydrogens is 270 g/mol. The molecule has 1 heterocycles. The lowest BCUT2D eigenvalue weighted by Gasteiger charge is -2.06. The third-order valence-electron chi connectivity index (χ3n) is 2.17. The standard InChI is InChI=1S/C11H10BrN3O/c1-6-5-15-11(16-6)8-2-7(12)3-10(14)9(8)4-13/h2-5,13H,14H2,1H3. The van der Waals surface area contributed by atoms with E-state index in [1.165, 1.54) is 6.21 Å². The fraction of sp³-hybridized carbons (Fsp3) is 0.0909. The summed E-state index contributed by atoms with van der Waals surface area (Å²) in [5.74, 6) is 1.20. The summed E-state index contributed by atoms with van der Waals surface area (Å²) in [4.78, 5) is 4.13. The van der Waals surface area contributed by atoms with Crippen LogP contribution in [0.25, 0.3) is 11.5 Å². The highest BCUT2D eigenvalue weighted by molar-refractivity contribution is 9.10. The number of rotatable bonds is 2. The van der Waals surface area contributed by atoms with Crippen molar-refractivity contribution in [3.63, 3.8) is 0 Å². The highest BCUT2D eigenvalue weighted by atomic mass is 79.9. The summed E-state index contributed by atoms with van der Waals surface area (Å²) < 4.78 is 6.27. The Morgan fingerprint density at radius 1 is 1.50 bits per heavy atom. The van der Waals surface area contributed by atoms with Gasteiger partial charge in [0.15, 0.2) is 0 Å². The lowest BCUT2D eigenvalue weighted by molar-refractivity contribution is 0.542. The smallest absolute Gasteiger partial charge is 0.226 e. The van der Waals surface area contributed by atoms with Gasteiger partial charge in [0.25, 0.3) is 0 Å². The molecule has 1 aromatic carbocycles. The normalized spacial score (nSPS) is 10.4. The van der Waals surface area contributed by atoms with Crippen LogP contribution in [0.2, 0.25) is 0 Å². The predicted molar refractivity (Wildman–Crippen MR) is 66.7 cm³/mol. The van der Waals surface area contributed by atoms with Crippen molar-refractivity contribution in [2.24, 2.45) is 0 Å². The lowest BCUT2D eigenvalue weighted by atomic mass is 10.1. The molecule has 1 aromatic heterocycles. The van der Waals surface area contributed by atoms with E-state index in [1.54, 1.807) is 12.3 Å². The fourth-order valence-corrected chi connectivity index (χ4v) is 1.93. The van der Waals surface area contributed by atoms with Crippen molar-refractivity contribution in [2.75, 3.05) is 5.73 Å². The number of nitrogens with zero attached hydrogens (tertiary/aromatic N) is 1. The van der Waals surface area contributed by atoms with Crippen molar-refractivity contribution >= 4 is 27.8 Å². The van der Waals surface area contributed by atoms with Crippen LogP contribution in [0.5, 0.6) is 0 Å². The number of aryl methyl sites for hydroxylation is 1. The van der Waals surface area contributed by atoms with Crippen LogP contribution in [0.15, 0.2) is 27.2 Å². The van der Waals surface area contributed by atoms with E-state index in [1.807, 2.05) is 13.0 Å². The summed E-state index contributed by atoms with van der Waals surface area (Å²) in [6.07, 6.45) is 2.84. The van der Waals surface area contributed by atoms with Crippen LogP contribution in [-0.2, 0) is 0 Å². The molecule has 0 fully saturated rings. The van der Waals surface area contributed by atoms with Crippen molar-refractivity contribution in [3.8, 4) is 11.5 Å². The first kappa shape index (κ1) is 10.9. The molecule has 0 saturated heterocycles. The van der Waals surface area contributed by atoms with E-state index in [2.05, 4.69) is 20.9 Å². The van der Waals surface area contributed by atoms with Crippen LogP contribution in [0, 0.1) is 12.3 Å². The number of aromatic nitrogens is 1. The summed E-state index contributed by atoms with van der Waals surface area (Å²) in [6, 6.07) is 3.58. The molecule has 2 rings (SSSR count). The molecule has 0 amide bonds. The number of hydrogen-bond acceptors (Lipinski definition) is 4. The van der Waals surface area contributed by atoms with E-state index in [4.69, 9.17) is 15.6 Å². The van der Waals surface area contributed by atoms with E-state index in [0.717, 1.165) is 15.8 Å². The molecule has 0 radical (unpaired) electrons. The number of nitrogens with two attached hydrogens (primary N) is 1. The monoisotopic (exact) mass is 279 g/mol. The Balaban J connectivity index is 2.67. The summed E-state index contributed by atoms with van der Waals surface area (Å²) in [7, 11) is 0. The second kappa shape index (κ2) is 4.09. The predicted octanol–water partition coefficient (Wildman–Crippen LogP) is 2.99. The SMILES string of the molecule is Cc1cnc(-c2cc(Br)cc(N)c2C=N)o1. The van der Waals surface area contributed by atoms with Gasteiger partial charge in [0.2, 0.25) is 5.89 Å². The molecule has 4 nitrogen and oxygen atoms in total. The Kier molecular flexibility index (Phi) is 2.78. The van der Waals surface area contributed by atoms with Crippen LogP contribution in [-0.4, -0.2) is 11.2 Å². The number of anilines is 1. The Labute approximate surface area is 101 Å². The minimum atomic E-state index is 0.476.